The van der Waals surface area contributed by atoms with Crippen LogP contribution in [0.5, 0.6) is 0 Å². The van der Waals surface area contributed by atoms with Crippen LogP contribution in [0, 0.1) is 13.8 Å². The van der Waals surface area contributed by atoms with Crippen LogP contribution in [0.4, 0.5) is 13.2 Å². The molecule has 8 heteroatoms. The molecule has 2 aromatic rings. The summed E-state index contributed by atoms with van der Waals surface area (Å²) in [5.74, 6) is -0.991. The molecule has 1 saturated heterocycles. The van der Waals surface area contributed by atoms with E-state index in [1.807, 2.05) is 0 Å². The first-order valence-corrected chi connectivity index (χ1v) is 8.86. The van der Waals surface area contributed by atoms with E-state index in [1.165, 1.54) is 6.07 Å². The van der Waals surface area contributed by atoms with Crippen molar-refractivity contribution < 1.29 is 32.2 Å². The second-order valence-corrected chi connectivity index (χ2v) is 6.70. The molecule has 0 N–H and O–H groups in total. The molecule has 1 aromatic carbocycles. The van der Waals surface area contributed by atoms with Crippen LogP contribution in [0.15, 0.2) is 30.3 Å². The van der Waals surface area contributed by atoms with Crippen molar-refractivity contribution in [2.24, 2.45) is 0 Å². The number of aryl methyl sites for hydroxylation is 1. The highest BCUT2D eigenvalue weighted by Gasteiger charge is 2.31. The molecule has 3 rings (SSSR count). The number of rotatable bonds is 5. The summed E-state index contributed by atoms with van der Waals surface area (Å²) < 4.78 is 50.8. The fourth-order valence-corrected chi connectivity index (χ4v) is 3.33. The maximum absolute atomic E-state index is 13.0. The number of ketones is 1. The Morgan fingerprint density at radius 1 is 1.25 bits per heavy atom. The SMILES string of the molecule is Cc1cc(C(=O)COC(=O)C2CCCO2)c(C)n1-c1cccc(C(F)(F)F)c1. The molecule has 0 saturated carbocycles. The zero-order chi connectivity index (χ0) is 20.5. The van der Waals surface area contributed by atoms with Gasteiger partial charge in [0.1, 0.15) is 0 Å². The van der Waals surface area contributed by atoms with Gasteiger partial charge in [-0.25, -0.2) is 4.79 Å². The monoisotopic (exact) mass is 395 g/mol. The molecule has 0 radical (unpaired) electrons. The minimum atomic E-state index is -4.46. The molecule has 0 bridgehead atoms. The number of hydrogen-bond acceptors (Lipinski definition) is 4. The summed E-state index contributed by atoms with van der Waals surface area (Å²) in [6.07, 6.45) is -3.76. The number of halogens is 3. The third-order valence-corrected chi connectivity index (χ3v) is 4.70. The number of benzene rings is 1. The summed E-state index contributed by atoms with van der Waals surface area (Å²) in [6.45, 7) is 3.39. The smallest absolute Gasteiger partial charge is 0.416 e. The lowest BCUT2D eigenvalue weighted by Crippen LogP contribution is -2.25. The summed E-state index contributed by atoms with van der Waals surface area (Å²) in [5.41, 5.74) is 0.923. The van der Waals surface area contributed by atoms with E-state index in [2.05, 4.69) is 0 Å². The van der Waals surface area contributed by atoms with Gasteiger partial charge in [0.05, 0.1) is 5.56 Å². The Balaban J connectivity index is 1.80. The molecule has 1 aliphatic rings. The lowest BCUT2D eigenvalue weighted by molar-refractivity contribution is -0.153. The van der Waals surface area contributed by atoms with Crippen molar-refractivity contribution in [3.8, 4) is 5.69 Å². The highest BCUT2D eigenvalue weighted by atomic mass is 19.4. The van der Waals surface area contributed by atoms with E-state index in [1.54, 1.807) is 30.5 Å². The van der Waals surface area contributed by atoms with Crippen molar-refractivity contribution in [1.29, 1.82) is 0 Å². The highest BCUT2D eigenvalue weighted by Crippen LogP contribution is 2.31. The zero-order valence-electron chi connectivity index (χ0n) is 15.5. The van der Waals surface area contributed by atoms with Gasteiger partial charge in [-0.2, -0.15) is 13.2 Å². The quantitative estimate of drug-likeness (QED) is 0.567. The van der Waals surface area contributed by atoms with Crippen LogP contribution in [0.1, 0.15) is 40.2 Å². The van der Waals surface area contributed by atoms with Crippen LogP contribution < -0.4 is 0 Å². The molecule has 0 amide bonds. The Kier molecular flexibility index (Phi) is 5.60. The van der Waals surface area contributed by atoms with Gasteiger partial charge in [0.2, 0.25) is 5.78 Å². The normalized spacial score (nSPS) is 17.0. The van der Waals surface area contributed by atoms with E-state index in [0.29, 0.717) is 35.7 Å². The second kappa shape index (κ2) is 7.79. The lowest BCUT2D eigenvalue weighted by atomic mass is 10.1. The van der Waals surface area contributed by atoms with Gasteiger partial charge in [0.15, 0.2) is 12.7 Å². The van der Waals surface area contributed by atoms with Gasteiger partial charge in [-0.1, -0.05) is 6.07 Å². The molecular formula is C20H20F3NO4. The maximum atomic E-state index is 13.0. The fourth-order valence-electron chi connectivity index (χ4n) is 3.33. The number of alkyl halides is 3. The fraction of sp³-hybridized carbons (Fsp3) is 0.400. The first-order chi connectivity index (χ1) is 13.2. The Labute approximate surface area is 160 Å². The molecule has 1 fully saturated rings. The molecule has 150 valence electrons. The molecule has 1 unspecified atom stereocenters. The molecular weight excluding hydrogens is 375 g/mol. The van der Waals surface area contributed by atoms with E-state index >= 15 is 0 Å². The first-order valence-electron chi connectivity index (χ1n) is 8.86. The van der Waals surface area contributed by atoms with Gasteiger partial charge in [-0.15, -0.1) is 0 Å². The molecule has 1 atom stereocenters. The summed E-state index contributed by atoms with van der Waals surface area (Å²) in [6, 6.07) is 6.47. The van der Waals surface area contributed by atoms with Crippen LogP contribution in [0.3, 0.4) is 0 Å². The summed E-state index contributed by atoms with van der Waals surface area (Å²) in [4.78, 5) is 24.4. The van der Waals surface area contributed by atoms with Crippen LogP contribution in [0.25, 0.3) is 5.69 Å². The van der Waals surface area contributed by atoms with Gasteiger partial charge >= 0.3 is 12.1 Å². The molecule has 1 aliphatic heterocycles. The molecule has 28 heavy (non-hydrogen) atoms. The van der Waals surface area contributed by atoms with Crippen LogP contribution in [0.2, 0.25) is 0 Å². The second-order valence-electron chi connectivity index (χ2n) is 6.70. The molecule has 5 nitrogen and oxygen atoms in total. The average molecular weight is 395 g/mol. The Bertz CT molecular complexity index is 895. The number of nitrogens with zero attached hydrogens (tertiary/aromatic N) is 1. The number of carbonyl (C=O) groups is 2. The standard InChI is InChI=1S/C20H20F3NO4/c1-12-9-16(17(25)11-28-19(26)18-7-4-8-27-18)13(2)24(12)15-6-3-5-14(10-15)20(21,22)23/h3,5-6,9-10,18H,4,7-8,11H2,1-2H3. The summed E-state index contributed by atoms with van der Waals surface area (Å²) in [7, 11) is 0. The van der Waals surface area contributed by atoms with E-state index in [4.69, 9.17) is 9.47 Å². The number of carbonyl (C=O) groups excluding carboxylic acids is 2. The number of aromatic nitrogens is 1. The Morgan fingerprint density at radius 3 is 2.64 bits per heavy atom. The predicted molar refractivity (Wildman–Crippen MR) is 94.5 cm³/mol. The zero-order valence-corrected chi connectivity index (χ0v) is 15.5. The van der Waals surface area contributed by atoms with Crippen LogP contribution in [-0.4, -0.2) is 35.6 Å². The average Bonchev–Trinajstić information content (AvgIpc) is 3.27. The maximum Gasteiger partial charge on any atom is 0.416 e. The van der Waals surface area contributed by atoms with Crippen molar-refractivity contribution in [2.75, 3.05) is 13.2 Å². The third kappa shape index (κ3) is 4.11. The van der Waals surface area contributed by atoms with Crippen molar-refractivity contribution in [1.82, 2.24) is 4.57 Å². The number of ether oxygens (including phenoxy) is 2. The number of esters is 1. The van der Waals surface area contributed by atoms with Gasteiger partial charge in [0, 0.05) is 29.2 Å². The molecule has 2 heterocycles. The van der Waals surface area contributed by atoms with Gasteiger partial charge in [0.25, 0.3) is 0 Å². The van der Waals surface area contributed by atoms with E-state index in [9.17, 15) is 22.8 Å². The minimum Gasteiger partial charge on any atom is -0.455 e. The van der Waals surface area contributed by atoms with Crippen molar-refractivity contribution in [2.45, 2.75) is 39.0 Å². The largest absolute Gasteiger partial charge is 0.455 e. The molecule has 0 aliphatic carbocycles. The number of Topliss-reactive ketones (excluding diaryl/α,β-unsaturated/α-hetero) is 1. The van der Waals surface area contributed by atoms with Crippen molar-refractivity contribution in [3.05, 3.63) is 52.8 Å². The molecule has 1 aromatic heterocycles. The van der Waals surface area contributed by atoms with Gasteiger partial charge in [-0.05, 0) is 51.0 Å². The van der Waals surface area contributed by atoms with Crippen LogP contribution in [-0.2, 0) is 20.4 Å². The topological polar surface area (TPSA) is 57.5 Å². The highest BCUT2D eigenvalue weighted by molar-refractivity contribution is 5.99. The summed E-state index contributed by atoms with van der Waals surface area (Å²) >= 11 is 0. The van der Waals surface area contributed by atoms with Gasteiger partial charge < -0.3 is 14.0 Å². The van der Waals surface area contributed by atoms with E-state index in [-0.39, 0.29) is 0 Å². The van der Waals surface area contributed by atoms with E-state index < -0.39 is 36.2 Å². The van der Waals surface area contributed by atoms with E-state index in [0.717, 1.165) is 18.6 Å². The first kappa shape index (κ1) is 20.1. The van der Waals surface area contributed by atoms with Crippen molar-refractivity contribution in [3.63, 3.8) is 0 Å². The molecule has 0 spiro atoms. The van der Waals surface area contributed by atoms with Crippen LogP contribution >= 0.6 is 0 Å². The third-order valence-electron chi connectivity index (χ3n) is 4.70. The predicted octanol–water partition coefficient (Wildman–Crippen LogP) is 4.02. The Morgan fingerprint density at radius 2 is 2.00 bits per heavy atom. The van der Waals surface area contributed by atoms with Crippen molar-refractivity contribution >= 4 is 11.8 Å². The number of hydrogen-bond donors (Lipinski definition) is 0. The van der Waals surface area contributed by atoms with Gasteiger partial charge in [-0.3, -0.25) is 4.79 Å². The minimum absolute atomic E-state index is 0.301. The lowest BCUT2D eigenvalue weighted by Gasteiger charge is -2.13. The Hall–Kier alpha value is -2.61. The summed E-state index contributed by atoms with van der Waals surface area (Å²) in [5, 5.41) is 0.